The minimum Gasteiger partial charge on any atom is -0.489 e. The van der Waals surface area contributed by atoms with E-state index in [1.165, 1.54) is 6.07 Å². The summed E-state index contributed by atoms with van der Waals surface area (Å²) in [7, 11) is 0. The van der Waals surface area contributed by atoms with Crippen LogP contribution in [0.25, 0.3) is 0 Å². The number of hydrogen-bond donors (Lipinski definition) is 4. The Morgan fingerprint density at radius 3 is 2.72 bits per heavy atom. The fourth-order valence-electron chi connectivity index (χ4n) is 3.69. The van der Waals surface area contributed by atoms with Crippen LogP contribution in [-0.4, -0.2) is 56.2 Å². The van der Waals surface area contributed by atoms with Crippen molar-refractivity contribution in [2.24, 2.45) is 5.92 Å². The summed E-state index contributed by atoms with van der Waals surface area (Å²) in [5, 5.41) is 12.5. The molecule has 8 heteroatoms. The van der Waals surface area contributed by atoms with Crippen LogP contribution < -0.4 is 26.0 Å². The van der Waals surface area contributed by atoms with Gasteiger partial charge < -0.3 is 26.0 Å². The average Bonchev–Trinajstić information content (AvgIpc) is 2.74. The number of para-hydroxylation sites is 1. The maximum atomic E-state index is 14.4. The second-order valence-corrected chi connectivity index (χ2v) is 8.88. The normalized spacial score (nSPS) is 24.5. The number of aryl methyl sites for hydroxylation is 1. The molecule has 7 nitrogen and oxygen atoms in total. The molecule has 3 atom stereocenters. The predicted molar refractivity (Wildman–Crippen MR) is 124 cm³/mol. The van der Waals surface area contributed by atoms with E-state index in [4.69, 9.17) is 4.74 Å². The van der Waals surface area contributed by atoms with E-state index in [0.717, 1.165) is 12.0 Å². The molecule has 1 aromatic rings. The van der Waals surface area contributed by atoms with Crippen LogP contribution in [-0.2, 0) is 16.0 Å². The Balaban J connectivity index is 2.16. The first-order valence-electron chi connectivity index (χ1n) is 11.8. The number of carbonyl (C=O) groups is 2. The average molecular weight is 451 g/mol. The van der Waals surface area contributed by atoms with E-state index < -0.39 is 6.04 Å². The monoisotopic (exact) mass is 450 g/mol. The number of nitrogens with one attached hydrogen (secondary N) is 4. The number of fused-ring (bicyclic) bond motifs is 1. The van der Waals surface area contributed by atoms with Crippen molar-refractivity contribution in [3.05, 3.63) is 29.6 Å². The van der Waals surface area contributed by atoms with Crippen LogP contribution >= 0.6 is 0 Å². The Morgan fingerprint density at radius 2 is 2.00 bits per heavy atom. The van der Waals surface area contributed by atoms with Gasteiger partial charge in [-0.3, -0.25) is 9.59 Å². The van der Waals surface area contributed by atoms with Crippen molar-refractivity contribution in [3.8, 4) is 5.75 Å². The van der Waals surface area contributed by atoms with Gasteiger partial charge in [-0.2, -0.15) is 0 Å². The molecule has 180 valence electrons. The molecule has 1 heterocycles. The summed E-state index contributed by atoms with van der Waals surface area (Å²) in [6.45, 7) is 9.70. The maximum absolute atomic E-state index is 14.4. The van der Waals surface area contributed by atoms with E-state index in [0.29, 0.717) is 44.9 Å². The quantitative estimate of drug-likeness (QED) is 0.567. The van der Waals surface area contributed by atoms with E-state index in [1.54, 1.807) is 6.07 Å². The van der Waals surface area contributed by atoms with Crippen LogP contribution in [0.4, 0.5) is 4.39 Å². The van der Waals surface area contributed by atoms with Gasteiger partial charge in [0.2, 0.25) is 11.8 Å². The largest absolute Gasteiger partial charge is 0.489 e. The lowest BCUT2D eigenvalue weighted by Crippen LogP contribution is -2.52. The molecule has 2 unspecified atom stereocenters. The summed E-state index contributed by atoms with van der Waals surface area (Å²) >= 11 is 0. The Bertz CT molecular complexity index is 744. The molecular weight excluding hydrogens is 411 g/mol. The van der Waals surface area contributed by atoms with Gasteiger partial charge >= 0.3 is 0 Å². The SMILES string of the molecule is CCCC1NC(=O)CNC(C(C)C)CN[C@@H](C)COc2c(F)cccc2CCCNC1=O. The zero-order valence-corrected chi connectivity index (χ0v) is 19.8. The highest BCUT2D eigenvalue weighted by molar-refractivity contribution is 5.88. The van der Waals surface area contributed by atoms with Crippen molar-refractivity contribution in [1.82, 2.24) is 21.3 Å². The first-order valence-corrected chi connectivity index (χ1v) is 11.8. The number of ether oxygens (including phenoxy) is 1. The van der Waals surface area contributed by atoms with Gasteiger partial charge in [0.05, 0.1) is 6.54 Å². The lowest BCUT2D eigenvalue weighted by atomic mass is 10.0. The van der Waals surface area contributed by atoms with Gasteiger partial charge in [0.1, 0.15) is 12.6 Å². The van der Waals surface area contributed by atoms with Gasteiger partial charge in [0.25, 0.3) is 0 Å². The van der Waals surface area contributed by atoms with Gasteiger partial charge in [0, 0.05) is 25.2 Å². The summed E-state index contributed by atoms with van der Waals surface area (Å²) in [6.07, 6.45) is 2.58. The lowest BCUT2D eigenvalue weighted by Gasteiger charge is -2.26. The van der Waals surface area contributed by atoms with E-state index in [1.807, 2.05) is 19.9 Å². The zero-order chi connectivity index (χ0) is 23.5. The van der Waals surface area contributed by atoms with Gasteiger partial charge in [-0.15, -0.1) is 0 Å². The van der Waals surface area contributed by atoms with E-state index in [9.17, 15) is 14.0 Å². The minimum absolute atomic E-state index is 0.00596. The smallest absolute Gasteiger partial charge is 0.242 e. The minimum atomic E-state index is -0.558. The Morgan fingerprint density at radius 1 is 1.22 bits per heavy atom. The third-order valence-electron chi connectivity index (χ3n) is 5.69. The Labute approximate surface area is 191 Å². The topological polar surface area (TPSA) is 91.5 Å². The maximum Gasteiger partial charge on any atom is 0.242 e. The lowest BCUT2D eigenvalue weighted by molar-refractivity contribution is -0.128. The zero-order valence-electron chi connectivity index (χ0n) is 19.8. The Kier molecular flexibility index (Phi) is 10.9. The standard InChI is InChI=1S/C24H39FN4O3/c1-5-8-20-24(31)26-12-7-10-18-9-6-11-19(25)23(18)32-15-17(4)27-13-21(16(2)3)28-14-22(30)29-20/h6,9,11,16-17,20-21,27-28H,5,7-8,10,12-15H2,1-4H3,(H,26,31)(H,29,30)/t17-,20?,21?/m0/s1. The summed E-state index contributed by atoms with van der Waals surface area (Å²) in [4.78, 5) is 25.1. The first kappa shape index (κ1) is 26.1. The van der Waals surface area contributed by atoms with Gasteiger partial charge in [0.15, 0.2) is 11.6 Å². The van der Waals surface area contributed by atoms with Crippen LogP contribution in [0.2, 0.25) is 0 Å². The Hall–Kier alpha value is -2.19. The van der Waals surface area contributed by atoms with Crippen LogP contribution in [0.3, 0.4) is 0 Å². The molecule has 32 heavy (non-hydrogen) atoms. The summed E-state index contributed by atoms with van der Waals surface area (Å²) in [6, 6.07) is 4.44. The molecule has 0 saturated carbocycles. The van der Waals surface area contributed by atoms with Crippen LogP contribution in [0.15, 0.2) is 18.2 Å². The molecule has 1 aliphatic rings. The van der Waals surface area contributed by atoms with Crippen molar-refractivity contribution in [3.63, 3.8) is 0 Å². The molecule has 0 fully saturated rings. The van der Waals surface area contributed by atoms with Crippen molar-refractivity contribution in [2.45, 2.75) is 71.5 Å². The van der Waals surface area contributed by atoms with Gasteiger partial charge in [-0.05, 0) is 43.7 Å². The summed E-state index contributed by atoms with van der Waals surface area (Å²) in [5.74, 6) is -0.176. The second-order valence-electron chi connectivity index (χ2n) is 8.88. The molecular formula is C24H39FN4O3. The molecule has 2 amide bonds. The molecule has 0 bridgehead atoms. The fourth-order valence-corrected chi connectivity index (χ4v) is 3.69. The number of benzene rings is 1. The van der Waals surface area contributed by atoms with Crippen molar-refractivity contribution >= 4 is 11.8 Å². The van der Waals surface area contributed by atoms with Gasteiger partial charge in [-0.25, -0.2) is 4.39 Å². The molecule has 0 radical (unpaired) electrons. The number of carbonyl (C=O) groups excluding carboxylic acids is 2. The van der Waals surface area contributed by atoms with Crippen molar-refractivity contribution in [2.75, 3.05) is 26.2 Å². The molecule has 0 saturated heterocycles. The molecule has 1 aromatic carbocycles. The summed E-state index contributed by atoms with van der Waals surface area (Å²) < 4.78 is 20.3. The van der Waals surface area contributed by atoms with E-state index in [-0.39, 0.29) is 42.0 Å². The first-order chi connectivity index (χ1) is 15.3. The highest BCUT2D eigenvalue weighted by atomic mass is 19.1. The highest BCUT2D eigenvalue weighted by Gasteiger charge is 2.22. The van der Waals surface area contributed by atoms with Crippen LogP contribution in [0, 0.1) is 11.7 Å². The number of amides is 2. The number of halogens is 1. The third-order valence-corrected chi connectivity index (χ3v) is 5.69. The number of hydrogen-bond acceptors (Lipinski definition) is 5. The highest BCUT2D eigenvalue weighted by Crippen LogP contribution is 2.24. The second kappa shape index (κ2) is 13.4. The summed E-state index contributed by atoms with van der Waals surface area (Å²) in [5.41, 5.74) is 0.785. The third kappa shape index (κ3) is 8.39. The molecule has 4 N–H and O–H groups in total. The molecule has 0 aromatic heterocycles. The fraction of sp³-hybridized carbons (Fsp3) is 0.667. The van der Waals surface area contributed by atoms with E-state index in [2.05, 4.69) is 35.1 Å². The molecule has 0 spiro atoms. The van der Waals surface area contributed by atoms with Gasteiger partial charge in [-0.1, -0.05) is 39.3 Å². The number of rotatable bonds is 3. The molecule has 0 aliphatic carbocycles. The molecule has 2 rings (SSSR count). The van der Waals surface area contributed by atoms with E-state index >= 15 is 0 Å². The van der Waals surface area contributed by atoms with Crippen molar-refractivity contribution < 1.29 is 18.7 Å². The predicted octanol–water partition coefficient (Wildman–Crippen LogP) is 2.14. The van der Waals surface area contributed by atoms with Crippen LogP contribution in [0.5, 0.6) is 5.75 Å². The van der Waals surface area contributed by atoms with Crippen molar-refractivity contribution in [1.29, 1.82) is 0 Å². The van der Waals surface area contributed by atoms with Crippen LogP contribution in [0.1, 0.15) is 52.5 Å². The molecule has 1 aliphatic heterocycles.